The Hall–Kier alpha value is -1.94. The van der Waals surface area contributed by atoms with Crippen LogP contribution in [-0.4, -0.2) is 29.5 Å². The lowest BCUT2D eigenvalue weighted by Crippen LogP contribution is -2.35. The van der Waals surface area contributed by atoms with Gasteiger partial charge in [-0.05, 0) is 68.0 Å². The number of aromatic nitrogens is 1. The highest BCUT2D eigenvalue weighted by Crippen LogP contribution is 2.21. The van der Waals surface area contributed by atoms with E-state index in [-0.39, 0.29) is 11.4 Å². The third-order valence-electron chi connectivity index (χ3n) is 4.71. The lowest BCUT2D eigenvalue weighted by atomic mass is 9.90. The van der Waals surface area contributed by atoms with Gasteiger partial charge in [0, 0.05) is 18.8 Å². The van der Waals surface area contributed by atoms with E-state index >= 15 is 0 Å². The molecule has 1 aromatic carbocycles. The molecule has 4 heteroatoms. The Balaban J connectivity index is 1.42. The van der Waals surface area contributed by atoms with Crippen molar-refractivity contribution < 1.29 is 4.39 Å². The SMILES string of the molecule is O=c1ccc(CC2CCN(CCc3ccc(F)cc3)CC2)c[nH]1. The molecule has 0 unspecified atom stereocenters. The molecular weight excluding hydrogens is 291 g/mol. The van der Waals surface area contributed by atoms with Crippen LogP contribution in [0, 0.1) is 11.7 Å². The first-order chi connectivity index (χ1) is 11.2. The van der Waals surface area contributed by atoms with Crippen molar-refractivity contribution >= 4 is 0 Å². The molecule has 0 radical (unpaired) electrons. The molecule has 1 aliphatic rings. The first kappa shape index (κ1) is 15.9. The lowest BCUT2D eigenvalue weighted by molar-refractivity contribution is 0.186. The molecule has 0 spiro atoms. The van der Waals surface area contributed by atoms with Gasteiger partial charge in [0.2, 0.25) is 5.56 Å². The van der Waals surface area contributed by atoms with E-state index in [9.17, 15) is 9.18 Å². The zero-order valence-electron chi connectivity index (χ0n) is 13.3. The number of likely N-dealkylation sites (tertiary alicyclic amines) is 1. The topological polar surface area (TPSA) is 36.1 Å². The number of hydrogen-bond acceptors (Lipinski definition) is 2. The Labute approximate surface area is 136 Å². The zero-order valence-corrected chi connectivity index (χ0v) is 13.3. The smallest absolute Gasteiger partial charge is 0.247 e. The summed E-state index contributed by atoms with van der Waals surface area (Å²) in [5.41, 5.74) is 2.38. The highest BCUT2D eigenvalue weighted by Gasteiger charge is 2.19. The second kappa shape index (κ2) is 7.55. The Bertz CT molecular complexity index is 652. The lowest BCUT2D eigenvalue weighted by Gasteiger charge is -2.32. The van der Waals surface area contributed by atoms with Gasteiger partial charge in [-0.15, -0.1) is 0 Å². The standard InChI is InChI=1S/C19H23FN2O/c20-18-4-1-15(2-5-18)7-10-22-11-8-16(9-12-22)13-17-3-6-19(23)21-14-17/h1-6,14,16H,7-13H2,(H,21,23). The van der Waals surface area contributed by atoms with E-state index in [1.807, 2.05) is 24.4 Å². The molecule has 122 valence electrons. The van der Waals surface area contributed by atoms with E-state index < -0.39 is 0 Å². The molecule has 1 saturated heterocycles. The maximum Gasteiger partial charge on any atom is 0.247 e. The monoisotopic (exact) mass is 314 g/mol. The molecule has 2 aromatic rings. The Morgan fingerprint density at radius 3 is 2.39 bits per heavy atom. The van der Waals surface area contributed by atoms with Gasteiger partial charge in [-0.2, -0.15) is 0 Å². The average molecular weight is 314 g/mol. The normalized spacial score (nSPS) is 16.6. The van der Waals surface area contributed by atoms with Gasteiger partial charge in [-0.1, -0.05) is 18.2 Å². The molecule has 0 aliphatic carbocycles. The number of nitrogens with zero attached hydrogens (tertiary/aromatic N) is 1. The fraction of sp³-hybridized carbons (Fsp3) is 0.421. The van der Waals surface area contributed by atoms with Crippen LogP contribution in [0.5, 0.6) is 0 Å². The van der Waals surface area contributed by atoms with Crippen molar-refractivity contribution in [2.24, 2.45) is 5.92 Å². The van der Waals surface area contributed by atoms with Crippen molar-refractivity contribution in [3.8, 4) is 0 Å². The fourth-order valence-electron chi connectivity index (χ4n) is 3.26. The minimum atomic E-state index is -0.170. The molecule has 1 fully saturated rings. The summed E-state index contributed by atoms with van der Waals surface area (Å²) >= 11 is 0. The molecule has 1 aromatic heterocycles. The molecular formula is C19H23FN2O. The van der Waals surface area contributed by atoms with Gasteiger partial charge in [-0.3, -0.25) is 4.79 Å². The summed E-state index contributed by atoms with van der Waals surface area (Å²) in [5, 5.41) is 0. The van der Waals surface area contributed by atoms with Crippen LogP contribution in [0.1, 0.15) is 24.0 Å². The molecule has 3 nitrogen and oxygen atoms in total. The molecule has 1 N–H and O–H groups in total. The highest BCUT2D eigenvalue weighted by atomic mass is 19.1. The summed E-state index contributed by atoms with van der Waals surface area (Å²) in [6.45, 7) is 3.28. The summed E-state index contributed by atoms with van der Waals surface area (Å²) < 4.78 is 12.9. The Morgan fingerprint density at radius 2 is 1.74 bits per heavy atom. The average Bonchev–Trinajstić information content (AvgIpc) is 2.58. The van der Waals surface area contributed by atoms with Crippen molar-refractivity contribution in [1.29, 1.82) is 0 Å². The summed E-state index contributed by atoms with van der Waals surface area (Å²) in [7, 11) is 0. The Morgan fingerprint density at radius 1 is 1.04 bits per heavy atom. The van der Waals surface area contributed by atoms with Crippen LogP contribution in [0.3, 0.4) is 0 Å². The van der Waals surface area contributed by atoms with Gasteiger partial charge < -0.3 is 9.88 Å². The quantitative estimate of drug-likeness (QED) is 0.921. The molecule has 0 amide bonds. The number of H-pyrrole nitrogens is 1. The summed E-state index contributed by atoms with van der Waals surface area (Å²) in [5.74, 6) is 0.528. The van der Waals surface area contributed by atoms with Gasteiger partial charge in [0.1, 0.15) is 5.82 Å². The van der Waals surface area contributed by atoms with Gasteiger partial charge in [0.15, 0.2) is 0 Å². The Kier molecular flexibility index (Phi) is 5.23. The second-order valence-corrected chi connectivity index (χ2v) is 6.43. The van der Waals surface area contributed by atoms with Gasteiger partial charge in [0.05, 0.1) is 0 Å². The number of benzene rings is 1. The highest BCUT2D eigenvalue weighted by molar-refractivity contribution is 5.16. The van der Waals surface area contributed by atoms with E-state index in [0.717, 1.165) is 32.5 Å². The van der Waals surface area contributed by atoms with Crippen molar-refractivity contribution in [2.75, 3.05) is 19.6 Å². The number of nitrogens with one attached hydrogen (secondary N) is 1. The molecule has 0 atom stereocenters. The molecule has 0 saturated carbocycles. The maximum absolute atomic E-state index is 12.9. The van der Waals surface area contributed by atoms with Gasteiger partial charge in [-0.25, -0.2) is 4.39 Å². The third-order valence-corrected chi connectivity index (χ3v) is 4.71. The van der Waals surface area contributed by atoms with Crippen molar-refractivity contribution in [1.82, 2.24) is 9.88 Å². The first-order valence-electron chi connectivity index (χ1n) is 8.33. The van der Waals surface area contributed by atoms with Crippen LogP contribution in [0.2, 0.25) is 0 Å². The summed E-state index contributed by atoms with van der Waals surface area (Å²) in [6.07, 6.45) is 6.25. The largest absolute Gasteiger partial charge is 0.329 e. The minimum Gasteiger partial charge on any atom is -0.329 e. The summed E-state index contributed by atoms with van der Waals surface area (Å²) in [4.78, 5) is 16.3. The second-order valence-electron chi connectivity index (χ2n) is 6.43. The van der Waals surface area contributed by atoms with E-state index in [1.54, 1.807) is 6.07 Å². The molecule has 1 aliphatic heterocycles. The molecule has 2 heterocycles. The zero-order chi connectivity index (χ0) is 16.1. The first-order valence-corrected chi connectivity index (χ1v) is 8.33. The predicted molar refractivity (Wildman–Crippen MR) is 90.0 cm³/mol. The number of hydrogen-bond donors (Lipinski definition) is 1. The van der Waals surface area contributed by atoms with Crippen LogP contribution < -0.4 is 5.56 Å². The molecule has 3 rings (SSSR count). The van der Waals surface area contributed by atoms with E-state index in [2.05, 4.69) is 9.88 Å². The van der Waals surface area contributed by atoms with Crippen LogP contribution in [0.15, 0.2) is 47.4 Å². The van der Waals surface area contributed by atoms with Crippen molar-refractivity contribution in [2.45, 2.75) is 25.7 Å². The fourth-order valence-corrected chi connectivity index (χ4v) is 3.26. The van der Waals surface area contributed by atoms with Crippen LogP contribution in [0.4, 0.5) is 4.39 Å². The molecule has 23 heavy (non-hydrogen) atoms. The minimum absolute atomic E-state index is 0.0376. The van der Waals surface area contributed by atoms with E-state index in [4.69, 9.17) is 0 Å². The van der Waals surface area contributed by atoms with E-state index in [0.29, 0.717) is 5.92 Å². The summed E-state index contributed by atoms with van der Waals surface area (Å²) in [6, 6.07) is 10.3. The number of aromatic amines is 1. The van der Waals surface area contributed by atoms with Gasteiger partial charge >= 0.3 is 0 Å². The van der Waals surface area contributed by atoms with Crippen LogP contribution in [-0.2, 0) is 12.8 Å². The third kappa shape index (κ3) is 4.76. The van der Waals surface area contributed by atoms with Gasteiger partial charge in [0.25, 0.3) is 0 Å². The predicted octanol–water partition coefficient (Wildman–Crippen LogP) is 3.01. The van der Waals surface area contributed by atoms with Crippen molar-refractivity contribution in [3.63, 3.8) is 0 Å². The van der Waals surface area contributed by atoms with Crippen LogP contribution in [0.25, 0.3) is 0 Å². The van der Waals surface area contributed by atoms with Crippen molar-refractivity contribution in [3.05, 3.63) is 69.9 Å². The number of rotatable bonds is 5. The molecule has 0 bridgehead atoms. The number of halogens is 1. The van der Waals surface area contributed by atoms with Crippen LogP contribution >= 0.6 is 0 Å². The maximum atomic E-state index is 12.9. The van der Waals surface area contributed by atoms with E-state index in [1.165, 1.54) is 36.1 Å². The number of pyridine rings is 1. The number of piperidine rings is 1.